The Hall–Kier alpha value is -2.90. The van der Waals surface area contributed by atoms with Gasteiger partial charge < -0.3 is 14.5 Å². The first-order valence-corrected chi connectivity index (χ1v) is 13.1. The van der Waals surface area contributed by atoms with Gasteiger partial charge >= 0.3 is 0 Å². The molecule has 36 heavy (non-hydrogen) atoms. The quantitative estimate of drug-likeness (QED) is 0.377. The minimum Gasteiger partial charge on any atom is -0.491 e. The van der Waals surface area contributed by atoms with Crippen LogP contribution in [-0.4, -0.2) is 46.8 Å². The van der Waals surface area contributed by atoms with Crippen molar-refractivity contribution in [1.29, 1.82) is 0 Å². The second-order valence-corrected chi connectivity index (χ2v) is 11.4. The van der Waals surface area contributed by atoms with Crippen molar-refractivity contribution in [2.24, 2.45) is 0 Å². The second-order valence-electron chi connectivity index (χ2n) is 9.95. The third-order valence-corrected chi connectivity index (χ3v) is 7.79. The van der Waals surface area contributed by atoms with Crippen LogP contribution < -0.4 is 4.74 Å². The first kappa shape index (κ1) is 26.2. The summed E-state index contributed by atoms with van der Waals surface area (Å²) in [6.45, 7) is 8.22. The number of fused-ring (bicyclic) bond motifs is 1. The lowest BCUT2D eigenvalue weighted by Crippen LogP contribution is -2.53. The maximum absolute atomic E-state index is 13.8. The highest BCUT2D eigenvalue weighted by Crippen LogP contribution is 2.34. The van der Waals surface area contributed by atoms with Gasteiger partial charge in [0.2, 0.25) is 5.91 Å². The van der Waals surface area contributed by atoms with Gasteiger partial charge in [0.1, 0.15) is 24.7 Å². The van der Waals surface area contributed by atoms with Crippen LogP contribution in [0.3, 0.4) is 0 Å². The standard InChI is InChI=1S/C28H30ClFN2O3S/c1-18-14-21(8-9-23(18)29)35-17-24-22-11-13-36-25(22)10-12-31(24)26(33)16-32(28(2,3)4)27(34)19-6-5-7-20(30)15-19/h5-9,11,13-15,24H,10,12,16-17H2,1-4H3/t24-/m1/s1. The molecule has 4 rings (SSSR count). The molecule has 8 heteroatoms. The van der Waals surface area contributed by atoms with E-state index in [0.29, 0.717) is 17.3 Å². The molecule has 0 fully saturated rings. The number of hydrogen-bond donors (Lipinski definition) is 0. The van der Waals surface area contributed by atoms with Crippen LogP contribution in [0.4, 0.5) is 4.39 Å². The topological polar surface area (TPSA) is 49.9 Å². The molecule has 1 aromatic heterocycles. The van der Waals surface area contributed by atoms with Crippen molar-refractivity contribution in [3.8, 4) is 5.75 Å². The largest absolute Gasteiger partial charge is 0.491 e. The zero-order chi connectivity index (χ0) is 26.0. The van der Waals surface area contributed by atoms with Crippen LogP contribution in [0.25, 0.3) is 0 Å². The fraction of sp³-hybridized carbons (Fsp3) is 0.357. The van der Waals surface area contributed by atoms with Gasteiger partial charge in [-0.3, -0.25) is 9.59 Å². The first-order valence-electron chi connectivity index (χ1n) is 11.9. The van der Waals surface area contributed by atoms with E-state index in [-0.39, 0.29) is 36.6 Å². The lowest BCUT2D eigenvalue weighted by molar-refractivity contribution is -0.136. The number of amides is 2. The van der Waals surface area contributed by atoms with Crippen molar-refractivity contribution in [2.75, 3.05) is 19.7 Å². The molecule has 0 bridgehead atoms. The van der Waals surface area contributed by atoms with Crippen molar-refractivity contribution in [3.63, 3.8) is 0 Å². The van der Waals surface area contributed by atoms with Crippen LogP contribution in [0.2, 0.25) is 5.02 Å². The van der Waals surface area contributed by atoms with Crippen LogP contribution >= 0.6 is 22.9 Å². The lowest BCUT2D eigenvalue weighted by atomic mass is 9.99. The van der Waals surface area contributed by atoms with Crippen molar-refractivity contribution < 1.29 is 18.7 Å². The summed E-state index contributed by atoms with van der Waals surface area (Å²) in [5.74, 6) is -0.360. The zero-order valence-electron chi connectivity index (χ0n) is 20.9. The highest BCUT2D eigenvalue weighted by molar-refractivity contribution is 7.10. The van der Waals surface area contributed by atoms with Crippen molar-refractivity contribution in [2.45, 2.75) is 45.7 Å². The van der Waals surface area contributed by atoms with E-state index < -0.39 is 11.4 Å². The molecular weight excluding hydrogens is 499 g/mol. The highest BCUT2D eigenvalue weighted by atomic mass is 35.5. The Kier molecular flexibility index (Phi) is 7.71. The van der Waals surface area contributed by atoms with Gasteiger partial charge in [-0.2, -0.15) is 0 Å². The molecule has 0 aliphatic carbocycles. The molecule has 0 N–H and O–H groups in total. The molecule has 1 aliphatic heterocycles. The fourth-order valence-electron chi connectivity index (χ4n) is 4.37. The number of rotatable bonds is 6. The molecule has 0 unspecified atom stereocenters. The Labute approximate surface area is 220 Å². The molecule has 1 atom stereocenters. The average Bonchev–Trinajstić information content (AvgIpc) is 3.31. The summed E-state index contributed by atoms with van der Waals surface area (Å²) in [6.07, 6.45) is 0.753. The van der Waals surface area contributed by atoms with Gasteiger partial charge in [-0.15, -0.1) is 11.3 Å². The Balaban J connectivity index is 1.57. The highest BCUT2D eigenvalue weighted by Gasteiger charge is 2.36. The zero-order valence-corrected chi connectivity index (χ0v) is 22.5. The number of halogens is 2. The maximum atomic E-state index is 13.8. The number of aryl methyl sites for hydroxylation is 1. The monoisotopic (exact) mass is 528 g/mol. The molecule has 2 aromatic carbocycles. The number of thiophene rings is 1. The van der Waals surface area contributed by atoms with Gasteiger partial charge in [-0.1, -0.05) is 17.7 Å². The number of ether oxygens (including phenoxy) is 1. The lowest BCUT2D eigenvalue weighted by Gasteiger charge is -2.40. The van der Waals surface area contributed by atoms with E-state index in [1.54, 1.807) is 28.4 Å². The Morgan fingerprint density at radius 3 is 2.67 bits per heavy atom. The number of carbonyl (C=O) groups is 2. The predicted octanol–water partition coefficient (Wildman–Crippen LogP) is 6.29. The number of benzene rings is 2. The van der Waals surface area contributed by atoms with Crippen LogP contribution in [-0.2, 0) is 11.2 Å². The summed E-state index contributed by atoms with van der Waals surface area (Å²) in [5.41, 5.74) is 1.56. The summed E-state index contributed by atoms with van der Waals surface area (Å²) in [7, 11) is 0. The fourth-order valence-corrected chi connectivity index (χ4v) is 5.42. The van der Waals surface area contributed by atoms with E-state index in [2.05, 4.69) is 0 Å². The summed E-state index contributed by atoms with van der Waals surface area (Å²) in [4.78, 5) is 31.6. The van der Waals surface area contributed by atoms with Gasteiger partial charge in [0.25, 0.3) is 5.91 Å². The molecular formula is C28H30ClFN2O3S. The molecule has 3 aromatic rings. The van der Waals surface area contributed by atoms with E-state index >= 15 is 0 Å². The van der Waals surface area contributed by atoms with E-state index in [1.165, 1.54) is 28.0 Å². The van der Waals surface area contributed by atoms with E-state index in [1.807, 2.05) is 51.3 Å². The Morgan fingerprint density at radius 2 is 1.97 bits per heavy atom. The van der Waals surface area contributed by atoms with E-state index in [9.17, 15) is 14.0 Å². The number of nitrogens with zero attached hydrogens (tertiary/aromatic N) is 2. The van der Waals surface area contributed by atoms with Gasteiger partial charge in [0.05, 0.1) is 6.04 Å². The second kappa shape index (κ2) is 10.6. The number of hydrogen-bond acceptors (Lipinski definition) is 4. The summed E-state index contributed by atoms with van der Waals surface area (Å²) in [5, 5.41) is 2.70. The van der Waals surface area contributed by atoms with Crippen LogP contribution in [0, 0.1) is 12.7 Å². The van der Waals surface area contributed by atoms with Crippen molar-refractivity contribution >= 4 is 34.8 Å². The summed E-state index contributed by atoms with van der Waals surface area (Å²) >= 11 is 7.83. The molecule has 2 heterocycles. The molecule has 0 saturated carbocycles. The van der Waals surface area contributed by atoms with Crippen molar-refractivity contribution in [3.05, 3.63) is 86.3 Å². The molecule has 1 aliphatic rings. The van der Waals surface area contributed by atoms with Crippen LogP contribution in [0.1, 0.15) is 53.2 Å². The summed E-state index contributed by atoms with van der Waals surface area (Å²) < 4.78 is 19.9. The molecule has 0 spiro atoms. The van der Waals surface area contributed by atoms with E-state index in [4.69, 9.17) is 16.3 Å². The van der Waals surface area contributed by atoms with Crippen molar-refractivity contribution in [1.82, 2.24) is 9.80 Å². The van der Waals surface area contributed by atoms with Crippen LogP contribution in [0.15, 0.2) is 53.9 Å². The smallest absolute Gasteiger partial charge is 0.254 e. The third kappa shape index (κ3) is 5.73. The predicted molar refractivity (Wildman–Crippen MR) is 141 cm³/mol. The van der Waals surface area contributed by atoms with Crippen LogP contribution in [0.5, 0.6) is 5.75 Å². The Morgan fingerprint density at radius 1 is 1.19 bits per heavy atom. The molecule has 2 amide bonds. The van der Waals surface area contributed by atoms with Gasteiger partial charge in [0.15, 0.2) is 0 Å². The molecule has 0 radical (unpaired) electrons. The average molecular weight is 529 g/mol. The van der Waals surface area contributed by atoms with Gasteiger partial charge in [0, 0.05) is 27.5 Å². The van der Waals surface area contributed by atoms with E-state index in [0.717, 1.165) is 17.5 Å². The molecule has 0 saturated heterocycles. The Bertz CT molecular complexity index is 1270. The first-order chi connectivity index (χ1) is 17.0. The maximum Gasteiger partial charge on any atom is 0.254 e. The number of carbonyl (C=O) groups excluding carboxylic acids is 2. The summed E-state index contributed by atoms with van der Waals surface area (Å²) in [6, 6.07) is 12.8. The van der Waals surface area contributed by atoms with Gasteiger partial charge in [-0.05, 0) is 93.1 Å². The third-order valence-electron chi connectivity index (χ3n) is 6.37. The molecule has 5 nitrogen and oxygen atoms in total. The minimum absolute atomic E-state index is 0.116. The van der Waals surface area contributed by atoms with Gasteiger partial charge in [-0.25, -0.2) is 4.39 Å². The SMILES string of the molecule is Cc1cc(OC[C@@H]2c3ccsc3CCN2C(=O)CN(C(=O)c2cccc(F)c2)C(C)(C)C)ccc1Cl. The molecule has 190 valence electrons. The minimum atomic E-state index is -0.644. The normalized spacial score (nSPS) is 15.4.